The number of fused-ring (bicyclic) bond motifs is 2. The number of para-hydroxylation sites is 2. The fraction of sp³-hybridized carbons (Fsp3) is 0.200. The molecule has 1 N–H and O–H groups in total. The van der Waals surface area contributed by atoms with Gasteiger partial charge in [0.25, 0.3) is 5.91 Å². The lowest BCUT2D eigenvalue weighted by molar-refractivity contribution is 0.102. The third kappa shape index (κ3) is 3.42. The SMILES string of the molecule is O=C(Nc1nc2ccc(S(=O)(=O)N3CCCC3)cc2s1)c1cnc2ccccc2n1. The molecule has 0 spiro atoms. The van der Waals surface area contributed by atoms with E-state index in [1.807, 2.05) is 18.2 Å². The van der Waals surface area contributed by atoms with Crippen molar-refractivity contribution in [1.29, 1.82) is 0 Å². The minimum Gasteiger partial charge on any atom is -0.296 e. The van der Waals surface area contributed by atoms with Gasteiger partial charge < -0.3 is 0 Å². The Hall–Kier alpha value is -2.95. The third-order valence-electron chi connectivity index (χ3n) is 4.96. The molecule has 1 fully saturated rings. The molecule has 0 unspecified atom stereocenters. The molecule has 1 aliphatic rings. The van der Waals surface area contributed by atoms with Crippen molar-refractivity contribution in [2.75, 3.05) is 18.4 Å². The van der Waals surface area contributed by atoms with Gasteiger partial charge in [-0.25, -0.2) is 18.4 Å². The molecule has 1 amide bonds. The molecule has 0 atom stereocenters. The Morgan fingerprint density at radius 2 is 1.77 bits per heavy atom. The fourth-order valence-electron chi connectivity index (χ4n) is 3.42. The van der Waals surface area contributed by atoms with Crippen molar-refractivity contribution in [3.63, 3.8) is 0 Å². The van der Waals surface area contributed by atoms with Gasteiger partial charge in [0.1, 0.15) is 5.69 Å². The summed E-state index contributed by atoms with van der Waals surface area (Å²) in [4.78, 5) is 25.8. The highest BCUT2D eigenvalue weighted by Crippen LogP contribution is 2.30. The van der Waals surface area contributed by atoms with Crippen LogP contribution in [0.2, 0.25) is 0 Å². The number of aromatic nitrogens is 3. The van der Waals surface area contributed by atoms with Gasteiger partial charge in [-0.05, 0) is 43.2 Å². The van der Waals surface area contributed by atoms with Crippen LogP contribution in [0.1, 0.15) is 23.3 Å². The number of hydrogen-bond donors (Lipinski definition) is 1. The number of nitrogens with one attached hydrogen (secondary N) is 1. The molecule has 8 nitrogen and oxygen atoms in total. The van der Waals surface area contributed by atoms with Crippen molar-refractivity contribution in [2.24, 2.45) is 0 Å². The van der Waals surface area contributed by atoms with Gasteiger partial charge in [-0.2, -0.15) is 4.31 Å². The molecular weight excluding hydrogens is 422 g/mol. The number of anilines is 1. The van der Waals surface area contributed by atoms with Gasteiger partial charge in [-0.15, -0.1) is 0 Å². The van der Waals surface area contributed by atoms with Crippen LogP contribution in [0.4, 0.5) is 5.13 Å². The molecule has 2 aromatic carbocycles. The first-order valence-corrected chi connectivity index (χ1v) is 11.7. The van der Waals surface area contributed by atoms with Crippen molar-refractivity contribution in [3.05, 3.63) is 54.4 Å². The van der Waals surface area contributed by atoms with E-state index in [1.54, 1.807) is 24.3 Å². The van der Waals surface area contributed by atoms with Crippen LogP contribution in [0.5, 0.6) is 0 Å². The van der Waals surface area contributed by atoms with Gasteiger partial charge in [0.2, 0.25) is 10.0 Å². The Morgan fingerprint density at radius 3 is 2.57 bits per heavy atom. The largest absolute Gasteiger partial charge is 0.296 e. The maximum atomic E-state index is 12.8. The van der Waals surface area contributed by atoms with Gasteiger partial charge >= 0.3 is 0 Å². The molecule has 10 heteroatoms. The number of carbonyl (C=O) groups excluding carboxylic acids is 1. The van der Waals surface area contributed by atoms with E-state index in [9.17, 15) is 13.2 Å². The molecule has 0 radical (unpaired) electrons. The third-order valence-corrected chi connectivity index (χ3v) is 7.79. The summed E-state index contributed by atoms with van der Waals surface area (Å²) < 4.78 is 27.8. The van der Waals surface area contributed by atoms with Crippen LogP contribution in [0, 0.1) is 0 Å². The lowest BCUT2D eigenvalue weighted by Gasteiger charge is -2.15. The average molecular weight is 440 g/mol. The van der Waals surface area contributed by atoms with Crippen LogP contribution in [-0.2, 0) is 10.0 Å². The van der Waals surface area contributed by atoms with E-state index in [2.05, 4.69) is 20.3 Å². The molecular formula is C20H17N5O3S2. The predicted molar refractivity (Wildman–Crippen MR) is 115 cm³/mol. The molecule has 4 aromatic rings. The second-order valence-electron chi connectivity index (χ2n) is 6.96. The van der Waals surface area contributed by atoms with E-state index >= 15 is 0 Å². The first kappa shape index (κ1) is 19.0. The van der Waals surface area contributed by atoms with E-state index in [0.717, 1.165) is 12.8 Å². The number of thiazole rings is 1. The standard InChI is InChI=1S/C20H17N5O3S2/c26-19(17-12-21-14-5-1-2-6-15(14)22-17)24-20-23-16-8-7-13(11-18(16)29-20)30(27,28)25-9-3-4-10-25/h1-2,5-8,11-12H,3-4,9-10H2,(H,23,24,26). The zero-order valence-corrected chi connectivity index (χ0v) is 17.4. The highest BCUT2D eigenvalue weighted by molar-refractivity contribution is 7.89. The average Bonchev–Trinajstić information content (AvgIpc) is 3.43. The van der Waals surface area contributed by atoms with E-state index in [-0.39, 0.29) is 10.6 Å². The number of benzene rings is 2. The number of carbonyl (C=O) groups is 1. The zero-order chi connectivity index (χ0) is 20.7. The van der Waals surface area contributed by atoms with Crippen molar-refractivity contribution in [3.8, 4) is 0 Å². The summed E-state index contributed by atoms with van der Waals surface area (Å²) in [6.07, 6.45) is 3.19. The van der Waals surface area contributed by atoms with Crippen LogP contribution in [0.15, 0.2) is 53.6 Å². The first-order valence-electron chi connectivity index (χ1n) is 9.45. The second kappa shape index (κ2) is 7.38. The molecule has 0 saturated carbocycles. The topological polar surface area (TPSA) is 105 Å². The van der Waals surface area contributed by atoms with Crippen LogP contribution in [-0.4, -0.2) is 46.7 Å². The Bertz CT molecular complexity index is 1380. The lowest BCUT2D eigenvalue weighted by atomic mass is 10.3. The summed E-state index contributed by atoms with van der Waals surface area (Å²) in [5, 5.41) is 3.11. The summed E-state index contributed by atoms with van der Waals surface area (Å²) in [6.45, 7) is 1.11. The van der Waals surface area contributed by atoms with Gasteiger partial charge in [0.05, 0.1) is 32.3 Å². The number of rotatable bonds is 4. The van der Waals surface area contributed by atoms with Crippen LogP contribution >= 0.6 is 11.3 Å². The minimum atomic E-state index is -3.50. The second-order valence-corrected chi connectivity index (χ2v) is 9.93. The monoisotopic (exact) mass is 439 g/mol. The quantitative estimate of drug-likeness (QED) is 0.523. The fourth-order valence-corrected chi connectivity index (χ4v) is 5.94. The van der Waals surface area contributed by atoms with Crippen molar-refractivity contribution >= 4 is 53.6 Å². The highest BCUT2D eigenvalue weighted by Gasteiger charge is 2.27. The molecule has 2 aromatic heterocycles. The molecule has 30 heavy (non-hydrogen) atoms. The van der Waals surface area contributed by atoms with Gasteiger partial charge in [0, 0.05) is 13.1 Å². The van der Waals surface area contributed by atoms with Crippen LogP contribution < -0.4 is 5.32 Å². The smallest absolute Gasteiger partial charge is 0.277 e. The Balaban J connectivity index is 1.41. The zero-order valence-electron chi connectivity index (χ0n) is 15.8. The molecule has 152 valence electrons. The molecule has 0 aliphatic carbocycles. The van der Waals surface area contributed by atoms with Gasteiger partial charge in [0.15, 0.2) is 5.13 Å². The van der Waals surface area contributed by atoms with Crippen molar-refractivity contribution in [1.82, 2.24) is 19.3 Å². The summed E-state index contributed by atoms with van der Waals surface area (Å²) in [5.41, 5.74) is 2.15. The van der Waals surface area contributed by atoms with Crippen LogP contribution in [0.3, 0.4) is 0 Å². The Labute approximate surface area is 176 Å². The molecule has 3 heterocycles. The highest BCUT2D eigenvalue weighted by atomic mass is 32.2. The van der Waals surface area contributed by atoms with Crippen LogP contribution in [0.25, 0.3) is 21.3 Å². The minimum absolute atomic E-state index is 0.185. The summed E-state index contributed by atoms with van der Waals surface area (Å²) in [7, 11) is -3.50. The number of sulfonamides is 1. The molecule has 1 aliphatic heterocycles. The predicted octanol–water partition coefficient (Wildman–Crippen LogP) is 3.28. The van der Waals surface area contributed by atoms with Crippen molar-refractivity contribution in [2.45, 2.75) is 17.7 Å². The Kier molecular flexibility index (Phi) is 4.69. The lowest BCUT2D eigenvalue weighted by Crippen LogP contribution is -2.27. The van der Waals surface area contributed by atoms with Gasteiger partial charge in [-0.1, -0.05) is 23.5 Å². The number of hydrogen-bond acceptors (Lipinski definition) is 7. The summed E-state index contributed by atoms with van der Waals surface area (Å²) >= 11 is 1.22. The first-order chi connectivity index (χ1) is 14.5. The summed E-state index contributed by atoms with van der Waals surface area (Å²) in [5.74, 6) is -0.419. The van der Waals surface area contributed by atoms with Gasteiger partial charge in [-0.3, -0.25) is 15.1 Å². The molecule has 1 saturated heterocycles. The maximum Gasteiger partial charge on any atom is 0.277 e. The van der Waals surface area contributed by atoms with Crippen molar-refractivity contribution < 1.29 is 13.2 Å². The molecule has 5 rings (SSSR count). The maximum absolute atomic E-state index is 12.8. The van der Waals surface area contributed by atoms with E-state index in [0.29, 0.717) is 39.5 Å². The normalized spacial score (nSPS) is 15.1. The van der Waals surface area contributed by atoms with E-state index in [4.69, 9.17) is 0 Å². The number of nitrogens with zero attached hydrogens (tertiary/aromatic N) is 4. The number of amides is 1. The van der Waals surface area contributed by atoms with E-state index in [1.165, 1.54) is 21.8 Å². The summed E-state index contributed by atoms with van der Waals surface area (Å²) in [6, 6.07) is 12.2. The van der Waals surface area contributed by atoms with E-state index < -0.39 is 15.9 Å². The molecule has 0 bridgehead atoms. The Morgan fingerprint density at radius 1 is 1.00 bits per heavy atom.